The lowest BCUT2D eigenvalue weighted by atomic mass is 10.2. The quantitative estimate of drug-likeness (QED) is 0.647. The van der Waals surface area contributed by atoms with Crippen LogP contribution >= 0.6 is 0 Å². The van der Waals surface area contributed by atoms with Gasteiger partial charge in [-0.1, -0.05) is 26.8 Å². The molecule has 0 saturated carbocycles. The molecule has 0 bridgehead atoms. The van der Waals surface area contributed by atoms with Gasteiger partial charge < -0.3 is 10.2 Å². The molecule has 94 valence electrons. The Balaban J connectivity index is 2.87. The fourth-order valence-corrected chi connectivity index (χ4v) is 2.00. The summed E-state index contributed by atoms with van der Waals surface area (Å²) in [6.07, 6.45) is 0. The van der Waals surface area contributed by atoms with E-state index in [2.05, 4.69) is 33.9 Å². The number of hydrogen-bond donors (Lipinski definition) is 1. The Kier molecular flexibility index (Phi) is 3.67. The number of benzene rings is 1. The Morgan fingerprint density at radius 3 is 2.35 bits per heavy atom. The van der Waals surface area contributed by atoms with Gasteiger partial charge in [0.25, 0.3) is 8.32 Å². The molecule has 1 rings (SSSR count). The van der Waals surface area contributed by atoms with Gasteiger partial charge in [-0.2, -0.15) is 0 Å². The smallest absolute Gasteiger partial charge is 0.324 e. The third kappa shape index (κ3) is 3.33. The molecule has 4 heteroatoms. The van der Waals surface area contributed by atoms with Gasteiger partial charge in [0, 0.05) is 5.69 Å². The number of nitrogens with two attached hydrogens (primary N) is 1. The molecule has 3 nitrogen and oxygen atoms in total. The molecular weight excluding hydrogens is 230 g/mol. The minimum Gasteiger partial charge on any atom is -0.516 e. The average molecular weight is 251 g/mol. The summed E-state index contributed by atoms with van der Waals surface area (Å²) in [5.41, 5.74) is 6.75. The van der Waals surface area contributed by atoms with Crippen molar-refractivity contribution in [2.75, 3.05) is 5.73 Å². The molecule has 17 heavy (non-hydrogen) atoms. The highest BCUT2D eigenvalue weighted by Crippen LogP contribution is 2.37. The van der Waals surface area contributed by atoms with Crippen LogP contribution in [0.1, 0.15) is 31.1 Å². The van der Waals surface area contributed by atoms with Crippen LogP contribution in [0.25, 0.3) is 0 Å². The van der Waals surface area contributed by atoms with E-state index in [4.69, 9.17) is 10.2 Å². The maximum absolute atomic E-state index is 12.0. The first kappa shape index (κ1) is 13.8. The molecular formula is C13H21NO2Si. The van der Waals surface area contributed by atoms with E-state index < -0.39 is 8.32 Å². The van der Waals surface area contributed by atoms with Crippen LogP contribution in [0.5, 0.6) is 0 Å². The molecule has 0 atom stereocenters. The number of nitrogen functional groups attached to an aromatic ring is 1. The van der Waals surface area contributed by atoms with E-state index >= 15 is 0 Å². The minimum atomic E-state index is -2.06. The van der Waals surface area contributed by atoms with Crippen molar-refractivity contribution in [3.63, 3.8) is 0 Å². The largest absolute Gasteiger partial charge is 0.516 e. The molecule has 0 spiro atoms. The van der Waals surface area contributed by atoms with Crippen molar-refractivity contribution < 1.29 is 9.22 Å². The van der Waals surface area contributed by atoms with Crippen molar-refractivity contribution >= 4 is 20.0 Å². The van der Waals surface area contributed by atoms with Gasteiger partial charge >= 0.3 is 5.97 Å². The third-order valence-corrected chi connectivity index (χ3v) is 7.58. The zero-order valence-electron chi connectivity index (χ0n) is 11.2. The highest BCUT2D eigenvalue weighted by atomic mass is 28.4. The second-order valence-corrected chi connectivity index (χ2v) is 10.5. The van der Waals surface area contributed by atoms with Crippen molar-refractivity contribution in [1.82, 2.24) is 0 Å². The maximum Gasteiger partial charge on any atom is 0.324 e. The van der Waals surface area contributed by atoms with E-state index in [9.17, 15) is 4.79 Å². The van der Waals surface area contributed by atoms with Gasteiger partial charge in [0.05, 0.1) is 5.56 Å². The molecule has 0 fully saturated rings. The first-order valence-electron chi connectivity index (χ1n) is 5.72. The van der Waals surface area contributed by atoms with E-state index in [1.807, 2.05) is 0 Å². The maximum atomic E-state index is 12.0. The average Bonchev–Trinajstić information content (AvgIpc) is 2.15. The highest BCUT2D eigenvalue weighted by Gasteiger charge is 2.40. The van der Waals surface area contributed by atoms with Crippen LogP contribution in [0.2, 0.25) is 18.1 Å². The fourth-order valence-electron chi connectivity index (χ4n) is 1.11. The first-order chi connectivity index (χ1) is 7.63. The molecule has 0 unspecified atom stereocenters. The summed E-state index contributed by atoms with van der Waals surface area (Å²) >= 11 is 0. The van der Waals surface area contributed by atoms with Crippen LogP contribution in [0.15, 0.2) is 24.3 Å². The minimum absolute atomic E-state index is 0.0169. The topological polar surface area (TPSA) is 52.3 Å². The monoisotopic (exact) mass is 251 g/mol. The van der Waals surface area contributed by atoms with Crippen LogP contribution in [0.3, 0.4) is 0 Å². The van der Waals surface area contributed by atoms with Gasteiger partial charge in [0.1, 0.15) is 0 Å². The van der Waals surface area contributed by atoms with Crippen LogP contribution in [0, 0.1) is 0 Å². The number of anilines is 1. The van der Waals surface area contributed by atoms with Crippen molar-refractivity contribution in [1.29, 1.82) is 0 Å². The van der Waals surface area contributed by atoms with E-state index in [1.54, 1.807) is 24.3 Å². The molecule has 2 N–H and O–H groups in total. The van der Waals surface area contributed by atoms with Crippen molar-refractivity contribution in [2.45, 2.75) is 38.9 Å². The number of carbonyl (C=O) groups is 1. The van der Waals surface area contributed by atoms with Crippen molar-refractivity contribution in [3.8, 4) is 0 Å². The molecule has 0 aromatic heterocycles. The van der Waals surface area contributed by atoms with Crippen LogP contribution in [-0.4, -0.2) is 14.3 Å². The molecule has 0 amide bonds. The standard InChI is InChI=1S/C13H21NO2Si/c1-13(2,3)17(4,5)16-12(15)10-7-6-8-11(14)9-10/h6-9H,14H2,1-5H3. The molecule has 1 aromatic rings. The third-order valence-electron chi connectivity index (χ3n) is 3.28. The van der Waals surface area contributed by atoms with E-state index in [0.717, 1.165) is 0 Å². The predicted molar refractivity (Wildman–Crippen MR) is 73.5 cm³/mol. The molecule has 0 aliphatic carbocycles. The lowest BCUT2D eigenvalue weighted by Crippen LogP contribution is -2.42. The van der Waals surface area contributed by atoms with Gasteiger partial charge in [0.15, 0.2) is 0 Å². The summed E-state index contributed by atoms with van der Waals surface area (Å²) in [7, 11) is -2.06. The SMILES string of the molecule is CC(C)(C)[Si](C)(C)OC(=O)c1cccc(N)c1. The van der Waals surface area contributed by atoms with Crippen molar-refractivity contribution in [3.05, 3.63) is 29.8 Å². The molecule has 1 aromatic carbocycles. The molecule has 0 aliphatic heterocycles. The van der Waals surface area contributed by atoms with Gasteiger partial charge in [-0.25, -0.2) is 4.79 Å². The Morgan fingerprint density at radius 2 is 1.88 bits per heavy atom. The zero-order chi connectivity index (χ0) is 13.3. The Labute approximate surface area is 104 Å². The second-order valence-electron chi connectivity index (χ2n) is 5.78. The normalized spacial score (nSPS) is 12.3. The summed E-state index contributed by atoms with van der Waals surface area (Å²) in [4.78, 5) is 12.0. The Morgan fingerprint density at radius 1 is 1.29 bits per heavy atom. The fraction of sp³-hybridized carbons (Fsp3) is 0.462. The first-order valence-corrected chi connectivity index (χ1v) is 8.63. The van der Waals surface area contributed by atoms with E-state index in [0.29, 0.717) is 11.3 Å². The number of rotatable bonds is 2. The van der Waals surface area contributed by atoms with E-state index in [1.165, 1.54) is 0 Å². The van der Waals surface area contributed by atoms with Crippen molar-refractivity contribution in [2.24, 2.45) is 0 Å². The van der Waals surface area contributed by atoms with Gasteiger partial charge in [-0.15, -0.1) is 0 Å². The van der Waals surface area contributed by atoms with Gasteiger partial charge in [-0.05, 0) is 36.3 Å². The summed E-state index contributed by atoms with van der Waals surface area (Å²) in [6.45, 7) is 10.4. The summed E-state index contributed by atoms with van der Waals surface area (Å²) in [5, 5.41) is 0.0169. The molecule has 0 radical (unpaired) electrons. The molecule has 0 heterocycles. The van der Waals surface area contributed by atoms with Crippen LogP contribution < -0.4 is 5.73 Å². The Hall–Kier alpha value is -1.29. The zero-order valence-corrected chi connectivity index (χ0v) is 12.2. The number of carbonyl (C=O) groups excluding carboxylic acids is 1. The summed E-state index contributed by atoms with van der Waals surface area (Å²) in [5.74, 6) is -0.274. The second kappa shape index (κ2) is 4.53. The highest BCUT2D eigenvalue weighted by molar-refractivity contribution is 6.75. The molecule has 0 aliphatic rings. The Bertz CT molecular complexity index is 422. The van der Waals surface area contributed by atoms with Gasteiger partial charge in [0.2, 0.25) is 0 Å². The lowest BCUT2D eigenvalue weighted by molar-refractivity contribution is 0.0712. The summed E-state index contributed by atoms with van der Waals surface area (Å²) < 4.78 is 5.69. The van der Waals surface area contributed by atoms with E-state index in [-0.39, 0.29) is 11.0 Å². The lowest BCUT2D eigenvalue weighted by Gasteiger charge is -2.35. The van der Waals surface area contributed by atoms with Crippen LogP contribution in [0.4, 0.5) is 5.69 Å². The summed E-state index contributed by atoms with van der Waals surface area (Å²) in [6, 6.07) is 6.89. The number of hydrogen-bond acceptors (Lipinski definition) is 3. The molecule has 0 saturated heterocycles. The van der Waals surface area contributed by atoms with Gasteiger partial charge in [-0.3, -0.25) is 0 Å². The predicted octanol–water partition coefficient (Wildman–Crippen LogP) is 3.43. The van der Waals surface area contributed by atoms with Crippen LogP contribution in [-0.2, 0) is 4.43 Å².